The van der Waals surface area contributed by atoms with Gasteiger partial charge in [-0.25, -0.2) is 8.42 Å². The lowest BCUT2D eigenvalue weighted by Gasteiger charge is -2.28. The van der Waals surface area contributed by atoms with Crippen LogP contribution in [0.15, 0.2) is 72.8 Å². The lowest BCUT2D eigenvalue weighted by Crippen LogP contribution is -2.45. The predicted octanol–water partition coefficient (Wildman–Crippen LogP) is 4.89. The van der Waals surface area contributed by atoms with Crippen molar-refractivity contribution in [1.82, 2.24) is 0 Å². The minimum Gasteiger partial charge on any atom is -0.457 e. The maximum atomic E-state index is 12.9. The van der Waals surface area contributed by atoms with Gasteiger partial charge in [0.25, 0.3) is 0 Å². The molecule has 3 rings (SSSR count). The Kier molecular flexibility index (Phi) is 6.65. The molecule has 31 heavy (non-hydrogen) atoms. The number of hydrogen-bond donors (Lipinski definition) is 1. The number of nitrogens with zero attached hydrogens (tertiary/aromatic N) is 1. The van der Waals surface area contributed by atoms with Gasteiger partial charge in [-0.2, -0.15) is 0 Å². The largest absolute Gasteiger partial charge is 0.457 e. The highest BCUT2D eigenvalue weighted by molar-refractivity contribution is 7.92. The highest BCUT2D eigenvalue weighted by Crippen LogP contribution is 2.26. The summed E-state index contributed by atoms with van der Waals surface area (Å²) in [5, 5.41) is 2.78. The number of anilines is 2. The molecule has 0 aliphatic heterocycles. The van der Waals surface area contributed by atoms with E-state index >= 15 is 0 Å². The standard InChI is InChI=1S/C24H26N2O4S/c1-17-14-18(2)16-21(15-17)26(31(4,28)29)19(3)24(27)25-20-10-12-23(13-11-20)30-22-8-6-5-7-9-22/h5-16,19H,1-4H3,(H,25,27). The second-order valence-electron chi connectivity index (χ2n) is 7.51. The molecule has 0 aliphatic rings. The van der Waals surface area contributed by atoms with Crippen LogP contribution in [0, 0.1) is 13.8 Å². The Morgan fingerprint density at radius 2 is 1.45 bits per heavy atom. The van der Waals surface area contributed by atoms with Gasteiger partial charge in [-0.05, 0) is 80.4 Å². The topological polar surface area (TPSA) is 75.7 Å². The number of carbonyl (C=O) groups is 1. The quantitative estimate of drug-likeness (QED) is 0.570. The molecule has 0 aliphatic carbocycles. The van der Waals surface area contributed by atoms with Crippen molar-refractivity contribution in [2.24, 2.45) is 0 Å². The molecule has 162 valence electrons. The van der Waals surface area contributed by atoms with Crippen LogP contribution < -0.4 is 14.4 Å². The van der Waals surface area contributed by atoms with Gasteiger partial charge < -0.3 is 10.1 Å². The molecule has 0 saturated heterocycles. The summed E-state index contributed by atoms with van der Waals surface area (Å²) in [6.07, 6.45) is 1.10. The minimum atomic E-state index is -3.68. The van der Waals surface area contributed by atoms with Crippen molar-refractivity contribution in [3.63, 3.8) is 0 Å². The van der Waals surface area contributed by atoms with Gasteiger partial charge in [0.1, 0.15) is 17.5 Å². The number of nitrogens with one attached hydrogen (secondary N) is 1. The fourth-order valence-corrected chi connectivity index (χ4v) is 4.52. The van der Waals surface area contributed by atoms with Crippen molar-refractivity contribution in [1.29, 1.82) is 0 Å². The van der Waals surface area contributed by atoms with Crippen molar-refractivity contribution in [2.45, 2.75) is 26.8 Å². The first-order valence-corrected chi connectivity index (χ1v) is 11.7. The first-order chi connectivity index (χ1) is 14.6. The Bertz CT molecular complexity index is 1140. The molecule has 1 amide bonds. The summed E-state index contributed by atoms with van der Waals surface area (Å²) in [7, 11) is -3.68. The Morgan fingerprint density at radius 3 is 2.00 bits per heavy atom. The molecule has 0 bridgehead atoms. The van der Waals surface area contributed by atoms with E-state index in [1.807, 2.05) is 50.2 Å². The summed E-state index contributed by atoms with van der Waals surface area (Å²) in [5.41, 5.74) is 2.86. The van der Waals surface area contributed by atoms with E-state index in [0.29, 0.717) is 22.9 Å². The molecule has 0 fully saturated rings. The van der Waals surface area contributed by atoms with Crippen LogP contribution in [0.4, 0.5) is 11.4 Å². The molecule has 1 atom stereocenters. The number of ether oxygens (including phenoxy) is 1. The van der Waals surface area contributed by atoms with E-state index in [2.05, 4.69) is 5.32 Å². The van der Waals surface area contributed by atoms with E-state index in [0.717, 1.165) is 21.7 Å². The molecule has 0 heterocycles. The van der Waals surface area contributed by atoms with Crippen molar-refractivity contribution in [2.75, 3.05) is 15.9 Å². The Morgan fingerprint density at radius 1 is 0.903 bits per heavy atom. The summed E-state index contributed by atoms with van der Waals surface area (Å²) in [6, 6.07) is 20.8. The van der Waals surface area contributed by atoms with Crippen LogP contribution in [0.3, 0.4) is 0 Å². The molecule has 0 saturated carbocycles. The first kappa shape index (κ1) is 22.4. The van der Waals surface area contributed by atoms with Gasteiger partial charge in [0.2, 0.25) is 15.9 Å². The molecule has 3 aromatic rings. The van der Waals surface area contributed by atoms with Gasteiger partial charge in [-0.3, -0.25) is 9.10 Å². The molecule has 1 N–H and O–H groups in total. The number of hydrogen-bond acceptors (Lipinski definition) is 4. The Hall–Kier alpha value is -3.32. The maximum Gasteiger partial charge on any atom is 0.247 e. The molecule has 0 radical (unpaired) electrons. The van der Waals surface area contributed by atoms with E-state index < -0.39 is 22.0 Å². The number of carbonyl (C=O) groups excluding carboxylic acids is 1. The summed E-state index contributed by atoms with van der Waals surface area (Å²) in [5.74, 6) is 0.914. The Balaban J connectivity index is 1.76. The van der Waals surface area contributed by atoms with Gasteiger partial charge in [-0.15, -0.1) is 0 Å². The summed E-state index contributed by atoms with van der Waals surface area (Å²) >= 11 is 0. The monoisotopic (exact) mass is 438 g/mol. The lowest BCUT2D eigenvalue weighted by molar-refractivity contribution is -0.116. The molecule has 0 spiro atoms. The molecule has 3 aromatic carbocycles. The van der Waals surface area contributed by atoms with Crippen LogP contribution in [0.5, 0.6) is 11.5 Å². The number of amides is 1. The third kappa shape index (κ3) is 5.86. The lowest BCUT2D eigenvalue weighted by atomic mass is 10.1. The highest BCUT2D eigenvalue weighted by Gasteiger charge is 2.29. The Labute approximate surface area is 183 Å². The third-order valence-corrected chi connectivity index (χ3v) is 5.89. The fourth-order valence-electron chi connectivity index (χ4n) is 3.36. The summed E-state index contributed by atoms with van der Waals surface area (Å²) in [6.45, 7) is 5.35. The van der Waals surface area contributed by atoms with E-state index in [9.17, 15) is 13.2 Å². The zero-order chi connectivity index (χ0) is 22.6. The maximum absolute atomic E-state index is 12.9. The van der Waals surface area contributed by atoms with Crippen molar-refractivity contribution in [3.8, 4) is 11.5 Å². The van der Waals surface area contributed by atoms with Crippen LogP contribution in [0.2, 0.25) is 0 Å². The smallest absolute Gasteiger partial charge is 0.247 e. The van der Waals surface area contributed by atoms with E-state index in [-0.39, 0.29) is 0 Å². The van der Waals surface area contributed by atoms with E-state index in [1.54, 1.807) is 43.3 Å². The fraction of sp³-hybridized carbons (Fsp3) is 0.208. The second kappa shape index (κ2) is 9.22. The summed E-state index contributed by atoms with van der Waals surface area (Å²) < 4.78 is 31.9. The average molecular weight is 439 g/mol. The number of rotatable bonds is 7. The van der Waals surface area contributed by atoms with Crippen molar-refractivity contribution >= 4 is 27.3 Å². The normalized spacial score (nSPS) is 12.1. The third-order valence-electron chi connectivity index (χ3n) is 4.65. The number of aryl methyl sites for hydroxylation is 2. The zero-order valence-corrected chi connectivity index (χ0v) is 18.8. The summed E-state index contributed by atoms with van der Waals surface area (Å²) in [4.78, 5) is 12.9. The molecular weight excluding hydrogens is 412 g/mol. The van der Waals surface area contributed by atoms with Gasteiger partial charge in [-0.1, -0.05) is 24.3 Å². The molecule has 6 nitrogen and oxygen atoms in total. The first-order valence-electron chi connectivity index (χ1n) is 9.85. The van der Waals surface area contributed by atoms with Crippen LogP contribution in [-0.4, -0.2) is 26.6 Å². The zero-order valence-electron chi connectivity index (χ0n) is 18.0. The number of benzene rings is 3. The average Bonchev–Trinajstić information content (AvgIpc) is 2.68. The van der Waals surface area contributed by atoms with Crippen molar-refractivity contribution in [3.05, 3.63) is 83.9 Å². The number of sulfonamides is 1. The SMILES string of the molecule is Cc1cc(C)cc(N(C(C)C(=O)Nc2ccc(Oc3ccccc3)cc2)S(C)(=O)=O)c1. The molecule has 7 heteroatoms. The minimum absolute atomic E-state index is 0.429. The molecule has 0 aromatic heterocycles. The van der Waals surface area contributed by atoms with Gasteiger partial charge in [0.05, 0.1) is 11.9 Å². The second-order valence-corrected chi connectivity index (χ2v) is 9.37. The van der Waals surface area contributed by atoms with Crippen LogP contribution in [0.25, 0.3) is 0 Å². The predicted molar refractivity (Wildman–Crippen MR) is 124 cm³/mol. The molecular formula is C24H26N2O4S. The van der Waals surface area contributed by atoms with E-state index in [1.165, 1.54) is 0 Å². The van der Waals surface area contributed by atoms with Gasteiger partial charge >= 0.3 is 0 Å². The highest BCUT2D eigenvalue weighted by atomic mass is 32.2. The number of para-hydroxylation sites is 1. The van der Waals surface area contributed by atoms with E-state index in [4.69, 9.17) is 4.74 Å². The van der Waals surface area contributed by atoms with Crippen LogP contribution >= 0.6 is 0 Å². The van der Waals surface area contributed by atoms with Crippen molar-refractivity contribution < 1.29 is 17.9 Å². The van der Waals surface area contributed by atoms with Gasteiger partial charge in [0.15, 0.2) is 0 Å². The van der Waals surface area contributed by atoms with Crippen LogP contribution in [0.1, 0.15) is 18.1 Å². The molecule has 1 unspecified atom stereocenters. The van der Waals surface area contributed by atoms with Gasteiger partial charge in [0, 0.05) is 5.69 Å². The van der Waals surface area contributed by atoms with Crippen LogP contribution in [-0.2, 0) is 14.8 Å².